The molecule has 16 heavy (non-hydrogen) atoms. The van der Waals surface area contributed by atoms with E-state index in [4.69, 9.17) is 5.73 Å². The average Bonchev–Trinajstić information content (AvgIpc) is 2.94. The molecule has 0 radical (unpaired) electrons. The van der Waals surface area contributed by atoms with Gasteiger partial charge in [-0.05, 0) is 37.8 Å². The van der Waals surface area contributed by atoms with Crippen molar-refractivity contribution in [3.05, 3.63) is 18.0 Å². The third-order valence-corrected chi connectivity index (χ3v) is 3.60. The van der Waals surface area contributed by atoms with Crippen molar-refractivity contribution in [3.8, 4) is 0 Å². The summed E-state index contributed by atoms with van der Waals surface area (Å²) >= 11 is 0. The van der Waals surface area contributed by atoms with Crippen molar-refractivity contribution < 1.29 is 0 Å². The quantitative estimate of drug-likeness (QED) is 0.829. The van der Waals surface area contributed by atoms with E-state index in [1.54, 1.807) is 6.20 Å². The standard InChI is InChI=1S/C12H18N4/c13-12-14-5-3-11(15-12)10-4-6-16(8-10)7-9-1-2-9/h3,5,9-10H,1-2,4,6-8H2,(H2,13,14,15). The molecule has 1 saturated heterocycles. The van der Waals surface area contributed by atoms with Gasteiger partial charge in [-0.15, -0.1) is 0 Å². The van der Waals surface area contributed by atoms with Crippen LogP contribution in [-0.2, 0) is 0 Å². The highest BCUT2D eigenvalue weighted by Gasteiger charge is 2.30. The van der Waals surface area contributed by atoms with E-state index in [0.717, 1.165) is 18.2 Å². The van der Waals surface area contributed by atoms with E-state index in [2.05, 4.69) is 14.9 Å². The highest BCUT2D eigenvalue weighted by molar-refractivity contribution is 5.20. The number of hydrogen-bond donors (Lipinski definition) is 1. The third-order valence-electron chi connectivity index (χ3n) is 3.60. The van der Waals surface area contributed by atoms with Crippen LogP contribution in [0.25, 0.3) is 0 Å². The summed E-state index contributed by atoms with van der Waals surface area (Å²) in [7, 11) is 0. The summed E-state index contributed by atoms with van der Waals surface area (Å²) in [5, 5.41) is 0. The molecule has 2 aliphatic rings. The molecule has 1 aliphatic carbocycles. The van der Waals surface area contributed by atoms with Crippen molar-refractivity contribution in [1.82, 2.24) is 14.9 Å². The number of nitrogen functional groups attached to an aromatic ring is 1. The van der Waals surface area contributed by atoms with Crippen molar-refractivity contribution >= 4 is 5.95 Å². The van der Waals surface area contributed by atoms with Crippen molar-refractivity contribution in [2.75, 3.05) is 25.4 Å². The average molecular weight is 218 g/mol. The van der Waals surface area contributed by atoms with Gasteiger partial charge in [0.05, 0.1) is 5.69 Å². The molecule has 1 aromatic rings. The Morgan fingerprint density at radius 2 is 2.25 bits per heavy atom. The topological polar surface area (TPSA) is 55.0 Å². The van der Waals surface area contributed by atoms with Gasteiger partial charge in [-0.25, -0.2) is 9.97 Å². The molecule has 86 valence electrons. The Kier molecular flexibility index (Phi) is 2.52. The summed E-state index contributed by atoms with van der Waals surface area (Å²) < 4.78 is 0. The Morgan fingerprint density at radius 1 is 1.38 bits per heavy atom. The number of anilines is 1. The third kappa shape index (κ3) is 2.16. The molecule has 2 N–H and O–H groups in total. The molecule has 1 aromatic heterocycles. The Labute approximate surface area is 95.9 Å². The van der Waals surface area contributed by atoms with Crippen LogP contribution < -0.4 is 5.73 Å². The maximum atomic E-state index is 5.62. The van der Waals surface area contributed by atoms with Gasteiger partial charge >= 0.3 is 0 Å². The lowest BCUT2D eigenvalue weighted by molar-refractivity contribution is 0.320. The van der Waals surface area contributed by atoms with Crippen LogP contribution >= 0.6 is 0 Å². The Morgan fingerprint density at radius 3 is 3.00 bits per heavy atom. The largest absolute Gasteiger partial charge is 0.368 e. The van der Waals surface area contributed by atoms with Crippen LogP contribution in [0.15, 0.2) is 12.3 Å². The number of rotatable bonds is 3. The van der Waals surface area contributed by atoms with E-state index in [1.165, 1.54) is 32.4 Å². The summed E-state index contributed by atoms with van der Waals surface area (Å²) in [5.41, 5.74) is 6.73. The smallest absolute Gasteiger partial charge is 0.220 e. The van der Waals surface area contributed by atoms with Crippen molar-refractivity contribution in [1.29, 1.82) is 0 Å². The molecule has 1 unspecified atom stereocenters. The first-order chi connectivity index (χ1) is 7.81. The fraction of sp³-hybridized carbons (Fsp3) is 0.667. The van der Waals surface area contributed by atoms with Crippen LogP contribution in [0.2, 0.25) is 0 Å². The Bertz CT molecular complexity index is 375. The molecule has 2 heterocycles. The lowest BCUT2D eigenvalue weighted by Gasteiger charge is -2.15. The van der Waals surface area contributed by atoms with Gasteiger partial charge in [0, 0.05) is 25.2 Å². The zero-order valence-corrected chi connectivity index (χ0v) is 9.47. The van der Waals surface area contributed by atoms with Crippen LogP contribution in [0.1, 0.15) is 30.9 Å². The van der Waals surface area contributed by atoms with Crippen molar-refractivity contribution in [2.24, 2.45) is 5.92 Å². The zero-order chi connectivity index (χ0) is 11.0. The number of likely N-dealkylation sites (tertiary alicyclic amines) is 1. The first-order valence-corrected chi connectivity index (χ1v) is 6.12. The van der Waals surface area contributed by atoms with E-state index in [9.17, 15) is 0 Å². The maximum Gasteiger partial charge on any atom is 0.220 e. The Balaban J connectivity index is 1.63. The lowest BCUT2D eigenvalue weighted by atomic mass is 10.1. The zero-order valence-electron chi connectivity index (χ0n) is 9.47. The number of nitrogens with zero attached hydrogens (tertiary/aromatic N) is 3. The van der Waals surface area contributed by atoms with E-state index in [0.29, 0.717) is 11.9 Å². The van der Waals surface area contributed by atoms with Gasteiger partial charge < -0.3 is 10.6 Å². The van der Waals surface area contributed by atoms with Crippen molar-refractivity contribution in [3.63, 3.8) is 0 Å². The maximum absolute atomic E-state index is 5.62. The fourth-order valence-corrected chi connectivity index (χ4v) is 2.52. The van der Waals surface area contributed by atoms with Crippen LogP contribution in [0.3, 0.4) is 0 Å². The van der Waals surface area contributed by atoms with Gasteiger partial charge in [0.15, 0.2) is 0 Å². The highest BCUT2D eigenvalue weighted by atomic mass is 15.2. The monoisotopic (exact) mass is 218 g/mol. The number of nitrogens with two attached hydrogens (primary N) is 1. The van der Waals surface area contributed by atoms with Crippen molar-refractivity contribution in [2.45, 2.75) is 25.2 Å². The van der Waals surface area contributed by atoms with Gasteiger partial charge in [-0.1, -0.05) is 0 Å². The molecular weight excluding hydrogens is 200 g/mol. The molecule has 4 nitrogen and oxygen atoms in total. The highest BCUT2D eigenvalue weighted by Crippen LogP contribution is 2.33. The first-order valence-electron chi connectivity index (χ1n) is 6.12. The molecule has 0 aromatic carbocycles. The second-order valence-electron chi connectivity index (χ2n) is 5.03. The van der Waals surface area contributed by atoms with Crippen LogP contribution in [0, 0.1) is 5.92 Å². The molecule has 0 spiro atoms. The summed E-state index contributed by atoms with van der Waals surface area (Å²) in [6.07, 6.45) is 5.84. The molecular formula is C12H18N4. The summed E-state index contributed by atoms with van der Waals surface area (Å²) in [5.74, 6) is 1.94. The number of hydrogen-bond acceptors (Lipinski definition) is 4. The van der Waals surface area contributed by atoms with E-state index < -0.39 is 0 Å². The second kappa shape index (κ2) is 4.01. The summed E-state index contributed by atoms with van der Waals surface area (Å²) in [6.45, 7) is 3.65. The van der Waals surface area contributed by atoms with Gasteiger partial charge in [0.1, 0.15) is 0 Å². The van der Waals surface area contributed by atoms with Gasteiger partial charge in [0.2, 0.25) is 5.95 Å². The van der Waals surface area contributed by atoms with Crippen LogP contribution in [0.4, 0.5) is 5.95 Å². The fourth-order valence-electron chi connectivity index (χ4n) is 2.52. The SMILES string of the molecule is Nc1nccc(C2CCN(CC3CC3)C2)n1. The molecule has 0 amide bonds. The number of aromatic nitrogens is 2. The minimum Gasteiger partial charge on any atom is -0.368 e. The molecule has 2 fully saturated rings. The van der Waals surface area contributed by atoms with Crippen LogP contribution in [-0.4, -0.2) is 34.5 Å². The predicted molar refractivity (Wildman–Crippen MR) is 63.0 cm³/mol. The summed E-state index contributed by atoms with van der Waals surface area (Å²) in [6, 6.07) is 2.00. The van der Waals surface area contributed by atoms with Crippen LogP contribution in [0.5, 0.6) is 0 Å². The van der Waals surface area contributed by atoms with Gasteiger partial charge in [-0.3, -0.25) is 0 Å². The molecule has 0 bridgehead atoms. The molecule has 1 atom stereocenters. The van der Waals surface area contributed by atoms with Gasteiger partial charge in [0.25, 0.3) is 0 Å². The normalized spacial score (nSPS) is 26.1. The first kappa shape index (κ1) is 10.0. The minimum absolute atomic E-state index is 0.401. The van der Waals surface area contributed by atoms with E-state index in [1.807, 2.05) is 6.07 Å². The van der Waals surface area contributed by atoms with Gasteiger partial charge in [-0.2, -0.15) is 0 Å². The summed E-state index contributed by atoms with van der Waals surface area (Å²) in [4.78, 5) is 10.8. The minimum atomic E-state index is 0.401. The molecule has 1 aliphatic heterocycles. The molecule has 3 rings (SSSR count). The Hall–Kier alpha value is -1.16. The predicted octanol–water partition coefficient (Wildman–Crippen LogP) is 1.26. The molecule has 4 heteroatoms. The second-order valence-corrected chi connectivity index (χ2v) is 5.03. The van der Waals surface area contributed by atoms with E-state index >= 15 is 0 Å². The van der Waals surface area contributed by atoms with E-state index in [-0.39, 0.29) is 0 Å². The molecule has 1 saturated carbocycles. The lowest BCUT2D eigenvalue weighted by Crippen LogP contribution is -2.23.